The monoisotopic (exact) mass is 547 g/mol. The molecule has 1 aromatic heterocycles. The summed E-state index contributed by atoms with van der Waals surface area (Å²) in [5, 5.41) is 20.8. The molecule has 3 aromatic carbocycles. The summed E-state index contributed by atoms with van der Waals surface area (Å²) >= 11 is 3.48. The van der Waals surface area contributed by atoms with Crippen LogP contribution in [0.25, 0.3) is 10.9 Å². The number of H-pyrrole nitrogens is 1. The van der Waals surface area contributed by atoms with Crippen molar-refractivity contribution in [3.63, 3.8) is 0 Å². The average Bonchev–Trinajstić information content (AvgIpc) is 3.16. The molecule has 0 aliphatic heterocycles. The second kappa shape index (κ2) is 10.7. The largest absolute Gasteiger partial charge is 0.494 e. The zero-order valence-electron chi connectivity index (χ0n) is 20.4. The second-order valence-corrected chi connectivity index (χ2v) is 10.2. The molecule has 0 aliphatic carbocycles. The lowest BCUT2D eigenvalue weighted by atomic mass is 9.89. The van der Waals surface area contributed by atoms with Crippen molar-refractivity contribution in [1.29, 1.82) is 0 Å². The fourth-order valence-corrected chi connectivity index (χ4v) is 4.81. The number of hydrogen-bond acceptors (Lipinski definition) is 4. The SMILES string of the molecule is CCCC(C)(N)c1ccc(N=C(c2ccc(CCC(=O)O)cc2)c2c(O)[nH]c3cc(Br)ccc23)cc1. The molecule has 0 amide bonds. The minimum Gasteiger partial charge on any atom is -0.494 e. The number of hydrogen-bond donors (Lipinski definition) is 4. The molecular weight excluding hydrogens is 518 g/mol. The lowest BCUT2D eigenvalue weighted by molar-refractivity contribution is -0.136. The molecule has 0 aliphatic rings. The first-order valence-corrected chi connectivity index (χ1v) is 12.8. The summed E-state index contributed by atoms with van der Waals surface area (Å²) in [5.41, 5.74) is 11.6. The average molecular weight is 548 g/mol. The van der Waals surface area contributed by atoms with Crippen LogP contribution in [0.15, 0.2) is 76.2 Å². The van der Waals surface area contributed by atoms with E-state index in [-0.39, 0.29) is 12.3 Å². The van der Waals surface area contributed by atoms with Gasteiger partial charge in [0.15, 0.2) is 5.88 Å². The van der Waals surface area contributed by atoms with Gasteiger partial charge in [0.1, 0.15) is 0 Å². The number of nitrogens with zero attached hydrogens (tertiary/aromatic N) is 1. The number of aromatic hydroxyl groups is 1. The quantitative estimate of drug-likeness (QED) is 0.173. The van der Waals surface area contributed by atoms with E-state index in [2.05, 4.69) is 27.8 Å². The van der Waals surface area contributed by atoms with Crippen LogP contribution in [-0.2, 0) is 16.8 Å². The number of aromatic amines is 1. The molecule has 4 rings (SSSR count). The van der Waals surface area contributed by atoms with Crippen LogP contribution in [0.3, 0.4) is 0 Å². The number of rotatable bonds is 9. The van der Waals surface area contributed by atoms with Crippen molar-refractivity contribution in [2.45, 2.75) is 45.1 Å². The number of aliphatic carboxylic acids is 1. The molecule has 0 saturated carbocycles. The summed E-state index contributed by atoms with van der Waals surface area (Å²) in [7, 11) is 0. The first-order valence-electron chi connectivity index (χ1n) is 12.0. The van der Waals surface area contributed by atoms with E-state index >= 15 is 0 Å². The molecule has 0 spiro atoms. The lowest BCUT2D eigenvalue weighted by Gasteiger charge is -2.24. The molecule has 1 unspecified atom stereocenters. The Hall–Kier alpha value is -3.42. The maximum atomic E-state index is 11.0. The summed E-state index contributed by atoms with van der Waals surface area (Å²) in [6.07, 6.45) is 2.40. The Bertz CT molecular complexity index is 1400. The summed E-state index contributed by atoms with van der Waals surface area (Å²) in [4.78, 5) is 19.0. The number of carboxylic acids is 1. The van der Waals surface area contributed by atoms with Crippen molar-refractivity contribution in [3.05, 3.63) is 93.5 Å². The minimum atomic E-state index is -0.827. The van der Waals surface area contributed by atoms with E-state index in [9.17, 15) is 9.90 Å². The van der Waals surface area contributed by atoms with Gasteiger partial charge in [-0.15, -0.1) is 0 Å². The van der Waals surface area contributed by atoms with Crippen molar-refractivity contribution in [2.75, 3.05) is 0 Å². The maximum absolute atomic E-state index is 11.0. The summed E-state index contributed by atoms with van der Waals surface area (Å²) in [6, 6.07) is 21.3. The topological polar surface area (TPSA) is 112 Å². The van der Waals surface area contributed by atoms with Gasteiger partial charge in [-0.25, -0.2) is 4.99 Å². The molecule has 1 heterocycles. The molecule has 5 N–H and O–H groups in total. The van der Waals surface area contributed by atoms with Gasteiger partial charge in [0, 0.05) is 27.4 Å². The van der Waals surface area contributed by atoms with Gasteiger partial charge >= 0.3 is 5.97 Å². The van der Waals surface area contributed by atoms with Crippen LogP contribution in [0.5, 0.6) is 5.88 Å². The number of halogens is 1. The van der Waals surface area contributed by atoms with Crippen LogP contribution in [0, 0.1) is 0 Å². The van der Waals surface area contributed by atoms with Crippen LogP contribution < -0.4 is 5.73 Å². The highest BCUT2D eigenvalue weighted by molar-refractivity contribution is 9.10. The number of carboxylic acid groups (broad SMARTS) is 1. The molecule has 36 heavy (non-hydrogen) atoms. The number of aliphatic imine (C=N–C) groups is 1. The number of nitrogens with one attached hydrogen (secondary N) is 1. The van der Waals surface area contributed by atoms with Crippen molar-refractivity contribution in [2.24, 2.45) is 10.7 Å². The van der Waals surface area contributed by atoms with E-state index in [0.717, 1.165) is 50.6 Å². The van der Waals surface area contributed by atoms with Gasteiger partial charge in [-0.1, -0.05) is 71.7 Å². The standard InChI is InChI=1S/C29H30BrN3O3/c1-3-16-29(2,31)20-9-12-22(13-10-20)32-27(19-7-4-18(5-8-19)6-15-25(34)35)26-23-14-11-21(30)17-24(23)33-28(26)36/h4-5,7-14,17,33,36H,3,6,15-16,31H2,1-2H3,(H,34,35). The van der Waals surface area contributed by atoms with Crippen LogP contribution >= 0.6 is 15.9 Å². The molecule has 4 aromatic rings. The Balaban J connectivity index is 1.80. The first-order chi connectivity index (χ1) is 17.2. The molecule has 0 fully saturated rings. The van der Waals surface area contributed by atoms with Crippen molar-refractivity contribution >= 4 is 44.2 Å². The number of nitrogens with two attached hydrogens (primary N) is 1. The molecule has 7 heteroatoms. The number of aromatic nitrogens is 1. The summed E-state index contributed by atoms with van der Waals surface area (Å²) < 4.78 is 0.900. The molecular formula is C29H30BrN3O3. The summed E-state index contributed by atoms with van der Waals surface area (Å²) in [5.74, 6) is -0.793. The van der Waals surface area contributed by atoms with Gasteiger partial charge < -0.3 is 20.9 Å². The Kier molecular flexibility index (Phi) is 7.62. The second-order valence-electron chi connectivity index (χ2n) is 9.30. The van der Waals surface area contributed by atoms with Crippen LogP contribution in [0.1, 0.15) is 55.4 Å². The third-order valence-electron chi connectivity index (χ3n) is 6.37. The lowest BCUT2D eigenvalue weighted by Crippen LogP contribution is -2.32. The predicted molar refractivity (Wildman–Crippen MR) is 148 cm³/mol. The third kappa shape index (κ3) is 5.69. The van der Waals surface area contributed by atoms with Crippen molar-refractivity contribution in [1.82, 2.24) is 4.98 Å². The van der Waals surface area contributed by atoms with Gasteiger partial charge in [-0.2, -0.15) is 0 Å². The first kappa shape index (κ1) is 25.7. The van der Waals surface area contributed by atoms with E-state index < -0.39 is 11.5 Å². The van der Waals surface area contributed by atoms with Gasteiger partial charge in [-0.05, 0) is 55.2 Å². The molecule has 186 valence electrons. The Morgan fingerprint density at radius 3 is 2.42 bits per heavy atom. The van der Waals surface area contributed by atoms with Crippen LogP contribution in [0.4, 0.5) is 5.69 Å². The maximum Gasteiger partial charge on any atom is 0.303 e. The van der Waals surface area contributed by atoms with Gasteiger partial charge in [0.2, 0.25) is 0 Å². The smallest absolute Gasteiger partial charge is 0.303 e. The zero-order chi connectivity index (χ0) is 25.9. The zero-order valence-corrected chi connectivity index (χ0v) is 22.0. The van der Waals surface area contributed by atoms with E-state index in [4.69, 9.17) is 15.8 Å². The van der Waals surface area contributed by atoms with Crippen molar-refractivity contribution < 1.29 is 15.0 Å². The highest BCUT2D eigenvalue weighted by Gasteiger charge is 2.21. The van der Waals surface area contributed by atoms with Crippen molar-refractivity contribution in [3.8, 4) is 5.88 Å². The van der Waals surface area contributed by atoms with Gasteiger partial charge in [0.25, 0.3) is 0 Å². The number of benzene rings is 3. The van der Waals surface area contributed by atoms with Crippen LogP contribution in [0.2, 0.25) is 0 Å². The van der Waals surface area contributed by atoms with Gasteiger partial charge in [-0.3, -0.25) is 4.79 Å². The number of carbonyl (C=O) groups is 1. The fraction of sp³-hybridized carbons (Fsp3) is 0.241. The molecule has 0 saturated heterocycles. The molecule has 0 radical (unpaired) electrons. The van der Waals surface area contributed by atoms with E-state index in [1.165, 1.54) is 0 Å². The van der Waals surface area contributed by atoms with E-state index in [0.29, 0.717) is 17.7 Å². The van der Waals surface area contributed by atoms with Gasteiger partial charge in [0.05, 0.1) is 22.5 Å². The highest BCUT2D eigenvalue weighted by atomic mass is 79.9. The molecule has 6 nitrogen and oxygen atoms in total. The number of aryl methyl sites for hydroxylation is 1. The minimum absolute atomic E-state index is 0.0332. The Labute approximate surface area is 219 Å². The third-order valence-corrected chi connectivity index (χ3v) is 6.86. The predicted octanol–water partition coefficient (Wildman–Crippen LogP) is 6.80. The van der Waals surface area contributed by atoms with E-state index in [1.54, 1.807) is 0 Å². The molecule has 1 atom stereocenters. The summed E-state index contributed by atoms with van der Waals surface area (Å²) in [6.45, 7) is 4.16. The Morgan fingerprint density at radius 2 is 1.78 bits per heavy atom. The Morgan fingerprint density at radius 1 is 1.08 bits per heavy atom. The normalized spacial score (nSPS) is 13.6. The highest BCUT2D eigenvalue weighted by Crippen LogP contribution is 2.33. The number of fused-ring (bicyclic) bond motifs is 1. The fourth-order valence-electron chi connectivity index (χ4n) is 4.45. The molecule has 0 bridgehead atoms. The van der Waals surface area contributed by atoms with Crippen LogP contribution in [-0.4, -0.2) is 26.9 Å². The van der Waals surface area contributed by atoms with E-state index in [1.807, 2.05) is 73.7 Å².